The minimum atomic E-state index is -2.86. The molecule has 0 aromatic heterocycles. The van der Waals surface area contributed by atoms with Crippen LogP contribution >= 0.6 is 0 Å². The molecule has 0 spiro atoms. The number of carboxylic acids is 1. The number of halogens is 2. The van der Waals surface area contributed by atoms with Crippen molar-refractivity contribution in [1.82, 2.24) is 5.32 Å². The van der Waals surface area contributed by atoms with Crippen LogP contribution in [0, 0.1) is 5.41 Å². The molecule has 0 radical (unpaired) electrons. The van der Waals surface area contributed by atoms with E-state index < -0.39 is 36.9 Å². The Labute approximate surface area is 97.4 Å². The normalized spacial score (nSPS) is 13.9. The lowest BCUT2D eigenvalue weighted by Gasteiger charge is -2.26. The van der Waals surface area contributed by atoms with Gasteiger partial charge in [0.25, 0.3) is 0 Å². The van der Waals surface area contributed by atoms with Gasteiger partial charge in [-0.3, -0.25) is 4.79 Å². The summed E-state index contributed by atoms with van der Waals surface area (Å²) in [5.74, 6) is -1.35. The summed E-state index contributed by atoms with van der Waals surface area (Å²) in [6, 6.07) is 0. The Balaban J connectivity index is 4.31. The fourth-order valence-corrected chi connectivity index (χ4v) is 1.02. The number of carbonyl (C=O) groups excluding carboxylic acids is 1. The van der Waals surface area contributed by atoms with Gasteiger partial charge >= 0.3 is 12.1 Å². The molecule has 1 atom stereocenters. The average Bonchev–Trinajstić information content (AvgIpc) is 2.22. The molecule has 0 heterocycles. The van der Waals surface area contributed by atoms with Crippen LogP contribution in [-0.4, -0.2) is 36.7 Å². The predicted molar refractivity (Wildman–Crippen MR) is 55.9 cm³/mol. The van der Waals surface area contributed by atoms with Gasteiger partial charge in [-0.2, -0.15) is 0 Å². The quantitative estimate of drug-likeness (QED) is 0.674. The first-order valence-corrected chi connectivity index (χ1v) is 4.83. The van der Waals surface area contributed by atoms with Crippen LogP contribution in [0.4, 0.5) is 13.6 Å². The summed E-state index contributed by atoms with van der Waals surface area (Å²) in [4.78, 5) is 21.4. The molecule has 2 N–H and O–H groups in total. The molecule has 0 rings (SSSR count). The van der Waals surface area contributed by atoms with Crippen molar-refractivity contribution in [2.24, 2.45) is 5.41 Å². The van der Waals surface area contributed by atoms with E-state index in [9.17, 15) is 18.4 Å². The SMILES string of the molecule is C=CCOC(=O)NCC(C)(CC(=O)O)C(F)F. The molecule has 0 aromatic rings. The van der Waals surface area contributed by atoms with Gasteiger partial charge in [-0.25, -0.2) is 13.6 Å². The van der Waals surface area contributed by atoms with E-state index in [-0.39, 0.29) is 6.61 Å². The van der Waals surface area contributed by atoms with E-state index in [4.69, 9.17) is 5.11 Å². The Hall–Kier alpha value is -1.66. The lowest BCUT2D eigenvalue weighted by Crippen LogP contribution is -2.42. The number of aliphatic carboxylic acids is 1. The van der Waals surface area contributed by atoms with Crippen LogP contribution in [-0.2, 0) is 9.53 Å². The standard InChI is InChI=1S/C10H15F2NO4/c1-3-4-17-9(16)13-6-10(2,8(11)12)5-7(14)15/h3,8H,1,4-6H2,2H3,(H,13,16)(H,14,15). The van der Waals surface area contributed by atoms with Crippen molar-refractivity contribution in [1.29, 1.82) is 0 Å². The van der Waals surface area contributed by atoms with Crippen molar-refractivity contribution in [3.63, 3.8) is 0 Å². The van der Waals surface area contributed by atoms with E-state index in [2.05, 4.69) is 16.6 Å². The summed E-state index contributed by atoms with van der Waals surface area (Å²) in [5, 5.41) is 10.6. The first-order valence-electron chi connectivity index (χ1n) is 4.83. The summed E-state index contributed by atoms with van der Waals surface area (Å²) >= 11 is 0. The molecular formula is C10H15F2NO4. The Morgan fingerprint density at radius 3 is 2.59 bits per heavy atom. The predicted octanol–water partition coefficient (Wildman–Crippen LogP) is 1.64. The van der Waals surface area contributed by atoms with Crippen molar-refractivity contribution in [2.75, 3.05) is 13.2 Å². The minimum Gasteiger partial charge on any atom is -0.481 e. The van der Waals surface area contributed by atoms with E-state index in [1.165, 1.54) is 6.08 Å². The zero-order chi connectivity index (χ0) is 13.5. The van der Waals surface area contributed by atoms with E-state index in [0.717, 1.165) is 6.92 Å². The molecule has 17 heavy (non-hydrogen) atoms. The van der Waals surface area contributed by atoms with Crippen molar-refractivity contribution in [2.45, 2.75) is 19.8 Å². The molecule has 0 saturated carbocycles. The second-order valence-corrected chi connectivity index (χ2v) is 3.77. The largest absolute Gasteiger partial charge is 0.481 e. The van der Waals surface area contributed by atoms with Gasteiger partial charge in [0, 0.05) is 6.54 Å². The van der Waals surface area contributed by atoms with E-state index in [1.807, 2.05) is 0 Å². The molecule has 7 heteroatoms. The molecule has 0 aromatic carbocycles. The lowest BCUT2D eigenvalue weighted by molar-refractivity contribution is -0.142. The van der Waals surface area contributed by atoms with Gasteiger partial charge in [0.15, 0.2) is 0 Å². The number of alkyl carbamates (subject to hydrolysis) is 1. The maximum atomic E-state index is 12.7. The van der Waals surface area contributed by atoms with Crippen molar-refractivity contribution < 1.29 is 28.2 Å². The first kappa shape index (κ1) is 15.3. The lowest BCUT2D eigenvalue weighted by atomic mass is 9.87. The highest BCUT2D eigenvalue weighted by Gasteiger charge is 2.37. The molecule has 0 aliphatic rings. The fraction of sp³-hybridized carbons (Fsp3) is 0.600. The molecule has 0 fully saturated rings. The van der Waals surface area contributed by atoms with E-state index in [1.54, 1.807) is 0 Å². The van der Waals surface area contributed by atoms with E-state index >= 15 is 0 Å². The van der Waals surface area contributed by atoms with Crippen LogP contribution in [0.2, 0.25) is 0 Å². The third-order valence-electron chi connectivity index (χ3n) is 2.05. The third-order valence-corrected chi connectivity index (χ3v) is 2.05. The molecule has 1 amide bonds. The number of amides is 1. The number of ether oxygens (including phenoxy) is 1. The van der Waals surface area contributed by atoms with Crippen LogP contribution in [0.3, 0.4) is 0 Å². The zero-order valence-electron chi connectivity index (χ0n) is 9.41. The third kappa shape index (κ3) is 5.84. The average molecular weight is 251 g/mol. The van der Waals surface area contributed by atoms with Crippen LogP contribution < -0.4 is 5.32 Å². The number of hydrogen-bond donors (Lipinski definition) is 2. The summed E-state index contributed by atoms with van der Waals surface area (Å²) in [5.41, 5.74) is -1.82. The molecular weight excluding hydrogens is 236 g/mol. The first-order chi connectivity index (χ1) is 7.81. The molecule has 5 nitrogen and oxygen atoms in total. The van der Waals surface area contributed by atoms with Gasteiger partial charge in [0.1, 0.15) is 6.61 Å². The summed E-state index contributed by atoms with van der Waals surface area (Å²) < 4.78 is 29.9. The van der Waals surface area contributed by atoms with Crippen molar-refractivity contribution in [3.05, 3.63) is 12.7 Å². The number of carbonyl (C=O) groups is 2. The van der Waals surface area contributed by atoms with Crippen molar-refractivity contribution >= 4 is 12.1 Å². The molecule has 0 bridgehead atoms. The number of carboxylic acid groups (broad SMARTS) is 1. The van der Waals surface area contributed by atoms with Gasteiger partial charge in [-0.05, 0) is 0 Å². The van der Waals surface area contributed by atoms with Gasteiger partial charge in [0.2, 0.25) is 6.43 Å². The van der Waals surface area contributed by atoms with E-state index in [0.29, 0.717) is 0 Å². The highest BCUT2D eigenvalue weighted by molar-refractivity contribution is 5.69. The smallest absolute Gasteiger partial charge is 0.407 e. The number of alkyl halides is 2. The number of hydrogen-bond acceptors (Lipinski definition) is 3. The van der Waals surface area contributed by atoms with Gasteiger partial charge < -0.3 is 15.2 Å². The van der Waals surface area contributed by atoms with Crippen molar-refractivity contribution in [3.8, 4) is 0 Å². The highest BCUT2D eigenvalue weighted by atomic mass is 19.3. The molecule has 98 valence electrons. The molecule has 0 aliphatic heterocycles. The highest BCUT2D eigenvalue weighted by Crippen LogP contribution is 2.28. The van der Waals surface area contributed by atoms with Crippen LogP contribution in [0.5, 0.6) is 0 Å². The van der Waals surface area contributed by atoms with Gasteiger partial charge in [0.05, 0.1) is 11.8 Å². The molecule has 1 unspecified atom stereocenters. The molecule has 0 aliphatic carbocycles. The van der Waals surface area contributed by atoms with Crippen LogP contribution in [0.1, 0.15) is 13.3 Å². The summed E-state index contributed by atoms with van der Waals surface area (Å²) in [6.45, 7) is 3.86. The minimum absolute atomic E-state index is 0.0455. The van der Waals surface area contributed by atoms with Crippen LogP contribution in [0.25, 0.3) is 0 Å². The maximum absolute atomic E-state index is 12.7. The van der Waals surface area contributed by atoms with Gasteiger partial charge in [-0.1, -0.05) is 19.6 Å². The second-order valence-electron chi connectivity index (χ2n) is 3.77. The fourth-order valence-electron chi connectivity index (χ4n) is 1.02. The summed E-state index contributed by atoms with van der Waals surface area (Å²) in [7, 11) is 0. The zero-order valence-corrected chi connectivity index (χ0v) is 9.41. The Bertz CT molecular complexity index is 296. The second kappa shape index (κ2) is 6.82. The number of rotatable bonds is 7. The Morgan fingerprint density at radius 1 is 1.59 bits per heavy atom. The number of nitrogens with one attached hydrogen (secondary N) is 1. The topological polar surface area (TPSA) is 75.6 Å². The Morgan fingerprint density at radius 2 is 2.18 bits per heavy atom. The monoisotopic (exact) mass is 251 g/mol. The summed E-state index contributed by atoms with van der Waals surface area (Å²) in [6.07, 6.45) is -3.17. The van der Waals surface area contributed by atoms with Gasteiger partial charge in [-0.15, -0.1) is 0 Å². The maximum Gasteiger partial charge on any atom is 0.407 e. The van der Waals surface area contributed by atoms with Crippen LogP contribution in [0.15, 0.2) is 12.7 Å². The molecule has 0 saturated heterocycles. The Kier molecular flexibility index (Phi) is 6.16.